The minimum atomic E-state index is -0.359. The zero-order chi connectivity index (χ0) is 23.2. The van der Waals surface area contributed by atoms with Gasteiger partial charge in [-0.05, 0) is 71.6 Å². The number of ether oxygens (including phenoxy) is 4. The second kappa shape index (κ2) is 9.92. The van der Waals surface area contributed by atoms with Gasteiger partial charge in [0.1, 0.15) is 28.7 Å². The summed E-state index contributed by atoms with van der Waals surface area (Å²) in [6, 6.07) is 24.7. The molecule has 0 bridgehead atoms. The smallest absolute Gasteiger partial charge is 0.315 e. The van der Waals surface area contributed by atoms with E-state index < -0.39 is 0 Å². The summed E-state index contributed by atoms with van der Waals surface area (Å²) in [5.74, 6) is 2.95. The van der Waals surface area contributed by atoms with Crippen LogP contribution in [-0.2, 0) is 4.79 Å². The number of hydrogen-bond donors (Lipinski definition) is 0. The summed E-state index contributed by atoms with van der Waals surface area (Å²) in [6.45, 7) is 3.55. The highest BCUT2D eigenvalue weighted by Crippen LogP contribution is 2.41. The van der Waals surface area contributed by atoms with E-state index in [1.165, 1.54) is 6.08 Å². The van der Waals surface area contributed by atoms with Gasteiger partial charge in [-0.15, -0.1) is 6.58 Å². The van der Waals surface area contributed by atoms with Gasteiger partial charge in [0.25, 0.3) is 0 Å². The van der Waals surface area contributed by atoms with Crippen LogP contribution < -0.4 is 18.9 Å². The second-order valence-electron chi connectivity index (χ2n) is 7.30. The topological polar surface area (TPSA) is 54.0 Å². The largest absolute Gasteiger partial charge is 0.497 e. The maximum absolute atomic E-state index is 11.7. The minimum absolute atomic E-state index is 0.154. The van der Waals surface area contributed by atoms with Gasteiger partial charge >= 0.3 is 5.97 Å². The molecule has 4 aromatic rings. The molecule has 0 unspecified atom stereocenters. The van der Waals surface area contributed by atoms with Gasteiger partial charge < -0.3 is 18.9 Å². The van der Waals surface area contributed by atoms with E-state index in [1.54, 1.807) is 38.5 Å². The summed E-state index contributed by atoms with van der Waals surface area (Å²) in [7, 11) is 3.29. The first kappa shape index (κ1) is 22.0. The van der Waals surface area contributed by atoms with Crippen molar-refractivity contribution in [1.29, 1.82) is 0 Å². The molecule has 0 N–H and O–H groups in total. The van der Waals surface area contributed by atoms with E-state index in [1.807, 2.05) is 54.6 Å². The fraction of sp³-hybridized carbons (Fsp3) is 0.107. The average molecular weight is 440 g/mol. The van der Waals surface area contributed by atoms with Crippen LogP contribution in [0.4, 0.5) is 0 Å². The highest BCUT2D eigenvalue weighted by atomic mass is 16.5. The zero-order valence-corrected chi connectivity index (χ0v) is 18.5. The lowest BCUT2D eigenvalue weighted by atomic mass is 9.99. The van der Waals surface area contributed by atoms with Gasteiger partial charge in [0, 0.05) is 10.9 Å². The molecule has 5 nitrogen and oxygen atoms in total. The molecule has 0 aliphatic carbocycles. The minimum Gasteiger partial charge on any atom is -0.497 e. The Kier molecular flexibility index (Phi) is 6.60. The van der Waals surface area contributed by atoms with Crippen molar-refractivity contribution in [2.24, 2.45) is 0 Å². The van der Waals surface area contributed by atoms with Crippen molar-refractivity contribution >= 4 is 16.7 Å². The summed E-state index contributed by atoms with van der Waals surface area (Å²) in [6.07, 6.45) is 1.66. The summed E-state index contributed by atoms with van der Waals surface area (Å²) < 4.78 is 22.5. The monoisotopic (exact) mass is 440 g/mol. The molecule has 0 radical (unpaired) electrons. The maximum atomic E-state index is 11.7. The molecule has 0 heterocycles. The number of hydrogen-bond acceptors (Lipinski definition) is 5. The molecule has 166 valence electrons. The normalized spacial score (nSPS) is 10.5. The molecule has 0 saturated carbocycles. The molecule has 0 aliphatic rings. The molecule has 0 fully saturated rings. The van der Waals surface area contributed by atoms with Crippen LogP contribution in [0.5, 0.6) is 28.7 Å². The van der Waals surface area contributed by atoms with Crippen LogP contribution in [0.1, 0.15) is 6.42 Å². The molecule has 0 aliphatic heterocycles. The number of rotatable bonds is 8. The van der Waals surface area contributed by atoms with Gasteiger partial charge in [-0.1, -0.05) is 24.3 Å². The third-order valence-electron chi connectivity index (χ3n) is 5.14. The molecule has 4 aromatic carbocycles. The van der Waals surface area contributed by atoms with Gasteiger partial charge in [-0.2, -0.15) is 0 Å². The van der Waals surface area contributed by atoms with Crippen LogP contribution in [-0.4, -0.2) is 20.2 Å². The van der Waals surface area contributed by atoms with E-state index in [4.69, 9.17) is 18.9 Å². The number of carbonyl (C=O) groups is 1. The van der Waals surface area contributed by atoms with Crippen LogP contribution in [0.25, 0.3) is 21.9 Å². The van der Waals surface area contributed by atoms with Gasteiger partial charge in [0.15, 0.2) is 0 Å². The molecular formula is C28H24O5. The Morgan fingerprint density at radius 3 is 2.24 bits per heavy atom. The van der Waals surface area contributed by atoms with Crippen molar-refractivity contribution in [1.82, 2.24) is 0 Å². The number of benzene rings is 4. The van der Waals surface area contributed by atoms with Gasteiger partial charge in [-0.3, -0.25) is 4.79 Å². The molecule has 5 heteroatoms. The fourth-order valence-electron chi connectivity index (χ4n) is 3.52. The van der Waals surface area contributed by atoms with E-state index in [0.717, 1.165) is 33.4 Å². The summed E-state index contributed by atoms with van der Waals surface area (Å²) in [5.41, 5.74) is 1.89. The highest BCUT2D eigenvalue weighted by Gasteiger charge is 2.14. The van der Waals surface area contributed by atoms with Crippen molar-refractivity contribution in [2.75, 3.05) is 14.2 Å². The molecule has 0 spiro atoms. The number of esters is 1. The average Bonchev–Trinajstić information content (AvgIpc) is 2.85. The number of fused-ring (bicyclic) bond motifs is 1. The number of carbonyl (C=O) groups excluding carboxylic acids is 1. The van der Waals surface area contributed by atoms with Crippen LogP contribution in [0, 0.1) is 0 Å². The summed E-state index contributed by atoms with van der Waals surface area (Å²) in [5, 5.41) is 1.93. The van der Waals surface area contributed by atoms with Gasteiger partial charge in [0.2, 0.25) is 0 Å². The predicted octanol–water partition coefficient (Wildman–Crippen LogP) is 6.80. The van der Waals surface area contributed by atoms with Crippen molar-refractivity contribution in [3.05, 3.63) is 91.5 Å². The third-order valence-corrected chi connectivity index (χ3v) is 5.14. The first-order valence-electron chi connectivity index (χ1n) is 10.5. The molecule has 0 amide bonds. The van der Waals surface area contributed by atoms with Gasteiger partial charge in [-0.25, -0.2) is 0 Å². The van der Waals surface area contributed by atoms with Crippen molar-refractivity contribution in [3.8, 4) is 39.9 Å². The Hall–Kier alpha value is -4.25. The Morgan fingerprint density at radius 2 is 1.52 bits per heavy atom. The van der Waals surface area contributed by atoms with E-state index >= 15 is 0 Å². The molecule has 0 atom stereocenters. The lowest BCUT2D eigenvalue weighted by Crippen LogP contribution is -2.05. The summed E-state index contributed by atoms with van der Waals surface area (Å²) in [4.78, 5) is 11.7. The standard InChI is InChI=1S/C28H24O5/c1-4-6-27(29)32-21-10-12-22(13-11-21)33-28-25(19-7-5-8-23(17-19)30-2)15-9-20-18-24(31-3)14-16-26(20)28/h4-5,7-18H,1,6H2,2-3H3. The first-order valence-corrected chi connectivity index (χ1v) is 10.5. The molecule has 0 saturated heterocycles. The van der Waals surface area contributed by atoms with E-state index in [2.05, 4.69) is 6.58 Å². The van der Waals surface area contributed by atoms with Gasteiger partial charge in [0.05, 0.1) is 20.6 Å². The molecule has 0 aromatic heterocycles. The zero-order valence-electron chi connectivity index (χ0n) is 18.5. The Bertz CT molecular complexity index is 1290. The molecular weight excluding hydrogens is 416 g/mol. The van der Waals surface area contributed by atoms with E-state index in [9.17, 15) is 4.79 Å². The van der Waals surface area contributed by atoms with Crippen LogP contribution in [0.3, 0.4) is 0 Å². The van der Waals surface area contributed by atoms with Crippen LogP contribution in [0.2, 0.25) is 0 Å². The molecule has 4 rings (SSSR count). The van der Waals surface area contributed by atoms with Crippen LogP contribution in [0.15, 0.2) is 91.5 Å². The first-order chi connectivity index (χ1) is 16.1. The number of methoxy groups -OCH3 is 2. The SMILES string of the molecule is C=CCC(=O)Oc1ccc(Oc2c(-c3cccc(OC)c3)ccc3cc(OC)ccc23)cc1. The lowest BCUT2D eigenvalue weighted by Gasteiger charge is -2.16. The Morgan fingerprint density at radius 1 is 0.818 bits per heavy atom. The van der Waals surface area contributed by atoms with E-state index in [0.29, 0.717) is 17.2 Å². The van der Waals surface area contributed by atoms with Crippen molar-refractivity contribution in [2.45, 2.75) is 6.42 Å². The van der Waals surface area contributed by atoms with E-state index in [-0.39, 0.29) is 12.4 Å². The second-order valence-corrected chi connectivity index (χ2v) is 7.30. The quantitative estimate of drug-likeness (QED) is 0.171. The fourth-order valence-corrected chi connectivity index (χ4v) is 3.52. The van der Waals surface area contributed by atoms with Crippen molar-refractivity contribution < 1.29 is 23.7 Å². The highest BCUT2D eigenvalue weighted by molar-refractivity contribution is 5.96. The summed E-state index contributed by atoms with van der Waals surface area (Å²) >= 11 is 0. The Balaban J connectivity index is 1.75. The lowest BCUT2D eigenvalue weighted by molar-refractivity contribution is -0.133. The predicted molar refractivity (Wildman–Crippen MR) is 129 cm³/mol. The molecule has 33 heavy (non-hydrogen) atoms. The van der Waals surface area contributed by atoms with Crippen LogP contribution >= 0.6 is 0 Å². The maximum Gasteiger partial charge on any atom is 0.315 e. The van der Waals surface area contributed by atoms with Crippen molar-refractivity contribution in [3.63, 3.8) is 0 Å². The third kappa shape index (κ3) is 4.99. The Labute approximate surface area is 192 Å².